The molecule has 3 rings (SSSR count). The second-order valence-corrected chi connectivity index (χ2v) is 7.37. The highest BCUT2D eigenvalue weighted by molar-refractivity contribution is 6.02. The molecular formula is C24H28N2O2. The van der Waals surface area contributed by atoms with Crippen LogP contribution in [-0.2, 0) is 22.4 Å². The monoisotopic (exact) mass is 376 g/mol. The number of primary amides is 1. The number of nitrogens with two attached hydrogens (primary N) is 1. The Kier molecular flexibility index (Phi) is 7.01. The number of rotatable bonds is 9. The topological polar surface area (TPSA) is 63.4 Å². The lowest BCUT2D eigenvalue weighted by atomic mass is 9.93. The van der Waals surface area contributed by atoms with Crippen LogP contribution >= 0.6 is 0 Å². The molecule has 1 atom stereocenters. The smallest absolute Gasteiger partial charge is 0.250 e. The fourth-order valence-electron chi connectivity index (χ4n) is 3.75. The van der Waals surface area contributed by atoms with E-state index in [1.807, 2.05) is 47.4 Å². The van der Waals surface area contributed by atoms with Crippen molar-refractivity contribution < 1.29 is 9.59 Å². The van der Waals surface area contributed by atoms with E-state index in [1.165, 1.54) is 11.1 Å². The summed E-state index contributed by atoms with van der Waals surface area (Å²) in [6.45, 7) is 0.735. The summed E-state index contributed by atoms with van der Waals surface area (Å²) in [4.78, 5) is 25.6. The van der Waals surface area contributed by atoms with Crippen LogP contribution in [0.3, 0.4) is 0 Å². The number of hydrogen-bond acceptors (Lipinski definition) is 2. The molecule has 0 unspecified atom stereocenters. The molecule has 2 aromatic rings. The number of amides is 2. The molecule has 4 nitrogen and oxygen atoms in total. The van der Waals surface area contributed by atoms with Gasteiger partial charge in [-0.25, -0.2) is 0 Å². The van der Waals surface area contributed by atoms with Crippen LogP contribution in [0.5, 0.6) is 0 Å². The molecular weight excluding hydrogens is 348 g/mol. The average molecular weight is 377 g/mol. The first-order valence-corrected chi connectivity index (χ1v) is 10.0. The summed E-state index contributed by atoms with van der Waals surface area (Å²) in [6, 6.07) is 18.4. The van der Waals surface area contributed by atoms with E-state index in [1.54, 1.807) is 6.08 Å². The Labute approximate surface area is 167 Å². The Hall–Kier alpha value is -2.88. The van der Waals surface area contributed by atoms with Gasteiger partial charge in [0, 0.05) is 18.7 Å². The summed E-state index contributed by atoms with van der Waals surface area (Å²) in [5, 5.41) is 0. The molecule has 4 heteroatoms. The highest BCUT2D eigenvalue weighted by Crippen LogP contribution is 2.28. The van der Waals surface area contributed by atoms with Gasteiger partial charge in [0.25, 0.3) is 5.91 Å². The van der Waals surface area contributed by atoms with Crippen molar-refractivity contribution in [2.45, 2.75) is 38.5 Å². The van der Waals surface area contributed by atoms with Crippen molar-refractivity contribution in [2.24, 2.45) is 11.7 Å². The maximum Gasteiger partial charge on any atom is 0.250 e. The summed E-state index contributed by atoms with van der Waals surface area (Å²) in [5.74, 6) is 0.0152. The predicted octanol–water partition coefficient (Wildman–Crippen LogP) is 4.04. The van der Waals surface area contributed by atoms with Gasteiger partial charge in [0.15, 0.2) is 0 Å². The van der Waals surface area contributed by atoms with Gasteiger partial charge in [0.1, 0.15) is 0 Å². The maximum absolute atomic E-state index is 12.7. The Morgan fingerprint density at radius 3 is 2.57 bits per heavy atom. The van der Waals surface area contributed by atoms with Crippen LogP contribution in [-0.4, -0.2) is 18.4 Å². The molecule has 2 amide bonds. The van der Waals surface area contributed by atoms with Crippen LogP contribution in [0.2, 0.25) is 0 Å². The van der Waals surface area contributed by atoms with Crippen molar-refractivity contribution in [1.82, 2.24) is 0 Å². The van der Waals surface area contributed by atoms with E-state index in [9.17, 15) is 9.59 Å². The van der Waals surface area contributed by atoms with Crippen molar-refractivity contribution in [1.29, 1.82) is 0 Å². The molecule has 28 heavy (non-hydrogen) atoms. The Bertz CT molecular complexity index is 830. The molecule has 0 saturated carbocycles. The summed E-state index contributed by atoms with van der Waals surface area (Å²) in [7, 11) is 0. The van der Waals surface area contributed by atoms with E-state index in [4.69, 9.17) is 5.73 Å². The van der Waals surface area contributed by atoms with Gasteiger partial charge in [-0.2, -0.15) is 0 Å². The number of aryl methyl sites for hydroxylation is 1. The summed E-state index contributed by atoms with van der Waals surface area (Å²) in [5.41, 5.74) is 8.81. The lowest BCUT2D eigenvalue weighted by Gasteiger charge is -2.16. The zero-order chi connectivity index (χ0) is 19.8. The maximum atomic E-state index is 12.7. The van der Waals surface area contributed by atoms with E-state index < -0.39 is 0 Å². The molecule has 1 aliphatic rings. The van der Waals surface area contributed by atoms with Crippen LogP contribution in [0.4, 0.5) is 5.69 Å². The molecule has 0 saturated heterocycles. The quantitative estimate of drug-likeness (QED) is 0.672. The van der Waals surface area contributed by atoms with E-state index in [-0.39, 0.29) is 17.7 Å². The minimum absolute atomic E-state index is 0.0320. The molecule has 2 aromatic carbocycles. The van der Waals surface area contributed by atoms with Gasteiger partial charge >= 0.3 is 0 Å². The third-order valence-electron chi connectivity index (χ3n) is 5.31. The molecule has 0 aromatic heterocycles. The van der Waals surface area contributed by atoms with Crippen molar-refractivity contribution in [3.05, 3.63) is 77.9 Å². The molecule has 0 spiro atoms. The molecule has 1 aliphatic heterocycles. The van der Waals surface area contributed by atoms with Crippen LogP contribution in [0.1, 0.15) is 36.8 Å². The zero-order valence-corrected chi connectivity index (χ0v) is 16.2. The molecule has 0 radical (unpaired) electrons. The highest BCUT2D eigenvalue weighted by Gasteiger charge is 2.22. The van der Waals surface area contributed by atoms with E-state index in [0.717, 1.165) is 44.3 Å². The van der Waals surface area contributed by atoms with Crippen LogP contribution in [0, 0.1) is 5.92 Å². The van der Waals surface area contributed by atoms with Gasteiger partial charge in [-0.05, 0) is 61.3 Å². The van der Waals surface area contributed by atoms with Crippen molar-refractivity contribution >= 4 is 17.5 Å². The van der Waals surface area contributed by atoms with Crippen LogP contribution in [0.25, 0.3) is 0 Å². The van der Waals surface area contributed by atoms with Gasteiger partial charge in [0.2, 0.25) is 5.91 Å². The largest absolute Gasteiger partial charge is 0.370 e. The van der Waals surface area contributed by atoms with E-state index in [0.29, 0.717) is 6.42 Å². The molecule has 2 N–H and O–H groups in total. The first-order valence-electron chi connectivity index (χ1n) is 10.0. The van der Waals surface area contributed by atoms with Crippen LogP contribution < -0.4 is 10.6 Å². The molecule has 0 aliphatic carbocycles. The number of fused-ring (bicyclic) bond motifs is 1. The molecule has 0 fully saturated rings. The predicted molar refractivity (Wildman–Crippen MR) is 113 cm³/mol. The lowest BCUT2D eigenvalue weighted by Crippen LogP contribution is -2.27. The summed E-state index contributed by atoms with van der Waals surface area (Å²) >= 11 is 0. The number of carbonyl (C=O) groups is 2. The average Bonchev–Trinajstić information content (AvgIpc) is 3.14. The number of hydrogen-bond donors (Lipinski definition) is 1. The zero-order valence-electron chi connectivity index (χ0n) is 16.2. The Morgan fingerprint density at radius 2 is 1.79 bits per heavy atom. The second kappa shape index (κ2) is 9.88. The third-order valence-corrected chi connectivity index (χ3v) is 5.31. The Balaban J connectivity index is 1.62. The fraction of sp³-hybridized carbons (Fsp3) is 0.333. The molecule has 1 heterocycles. The minimum atomic E-state index is -0.268. The number of carbonyl (C=O) groups excluding carboxylic acids is 2. The summed E-state index contributed by atoms with van der Waals surface area (Å²) < 4.78 is 0. The number of nitrogens with zero attached hydrogens (tertiary/aromatic N) is 1. The van der Waals surface area contributed by atoms with Gasteiger partial charge in [0.05, 0.1) is 0 Å². The number of allylic oxidation sites excluding steroid dienone is 1. The number of para-hydroxylation sites is 1. The number of anilines is 1. The number of benzene rings is 2. The van der Waals surface area contributed by atoms with Gasteiger partial charge in [-0.15, -0.1) is 0 Å². The van der Waals surface area contributed by atoms with Crippen LogP contribution in [0.15, 0.2) is 66.7 Å². The van der Waals surface area contributed by atoms with Gasteiger partial charge in [-0.3, -0.25) is 9.59 Å². The highest BCUT2D eigenvalue weighted by atomic mass is 16.2. The minimum Gasteiger partial charge on any atom is -0.370 e. The first kappa shape index (κ1) is 19.9. The first-order chi connectivity index (χ1) is 13.6. The SMILES string of the molecule is NC(=O)CCC[C@H](C=CC(=O)N1CCc2ccccc21)CCc1ccccc1. The van der Waals surface area contributed by atoms with Gasteiger partial charge in [-0.1, -0.05) is 54.6 Å². The second-order valence-electron chi connectivity index (χ2n) is 7.37. The fourth-order valence-corrected chi connectivity index (χ4v) is 3.75. The van der Waals surface area contributed by atoms with Crippen molar-refractivity contribution in [2.75, 3.05) is 11.4 Å². The third kappa shape index (κ3) is 5.56. The van der Waals surface area contributed by atoms with Crippen molar-refractivity contribution in [3.63, 3.8) is 0 Å². The van der Waals surface area contributed by atoms with Gasteiger partial charge < -0.3 is 10.6 Å². The molecule has 0 bridgehead atoms. The van der Waals surface area contributed by atoms with E-state index >= 15 is 0 Å². The van der Waals surface area contributed by atoms with E-state index in [2.05, 4.69) is 18.2 Å². The normalized spacial score (nSPS) is 14.2. The lowest BCUT2D eigenvalue weighted by molar-refractivity contribution is -0.118. The standard InChI is InChI=1S/C24H28N2O2/c25-23(27)12-6-9-20(14-13-19-7-2-1-3-8-19)15-16-24(28)26-18-17-21-10-4-5-11-22(21)26/h1-5,7-8,10-11,15-16,20H,6,9,12-14,17-18H2,(H2,25,27)/t20-/m0/s1. The summed E-state index contributed by atoms with van der Waals surface area (Å²) in [6.07, 6.45) is 8.54. The van der Waals surface area contributed by atoms with Crippen molar-refractivity contribution in [3.8, 4) is 0 Å². The Morgan fingerprint density at radius 1 is 1.04 bits per heavy atom. The molecule has 146 valence electrons.